The Morgan fingerprint density at radius 1 is 1.56 bits per heavy atom. The van der Waals surface area contributed by atoms with Crippen LogP contribution >= 0.6 is 11.6 Å². The van der Waals surface area contributed by atoms with Crippen LogP contribution in [-0.4, -0.2) is 26.0 Å². The summed E-state index contributed by atoms with van der Waals surface area (Å²) in [7, 11) is 0. The molecule has 0 bridgehead atoms. The molecule has 2 aromatic heterocycles. The molecule has 0 unspecified atom stereocenters. The molecule has 0 saturated carbocycles. The van der Waals surface area contributed by atoms with E-state index in [1.54, 1.807) is 18.3 Å². The van der Waals surface area contributed by atoms with Gasteiger partial charge >= 0.3 is 5.97 Å². The van der Waals surface area contributed by atoms with E-state index in [1.807, 2.05) is 0 Å². The fourth-order valence-electron chi connectivity index (χ4n) is 1.34. The summed E-state index contributed by atoms with van der Waals surface area (Å²) >= 11 is 5.85. The number of hydrogen-bond acceptors (Lipinski definition) is 3. The molecule has 2 heterocycles. The molecule has 0 radical (unpaired) electrons. The second kappa shape index (κ2) is 4.32. The number of fused-ring (bicyclic) bond motifs is 1. The van der Waals surface area contributed by atoms with E-state index in [9.17, 15) is 4.79 Å². The van der Waals surface area contributed by atoms with Gasteiger partial charge in [-0.3, -0.25) is 4.79 Å². The maximum atomic E-state index is 10.3. The zero-order valence-corrected chi connectivity index (χ0v) is 8.90. The molecule has 2 aromatic rings. The van der Waals surface area contributed by atoms with E-state index in [2.05, 4.69) is 15.0 Å². The lowest BCUT2D eigenvalue weighted by Crippen LogP contribution is -1.89. The third-order valence-corrected chi connectivity index (χ3v) is 2.32. The maximum absolute atomic E-state index is 10.3. The third-order valence-electron chi connectivity index (χ3n) is 2.04. The normalized spacial score (nSPS) is 11.3. The van der Waals surface area contributed by atoms with Crippen LogP contribution < -0.4 is 0 Å². The van der Waals surface area contributed by atoms with Gasteiger partial charge in [-0.25, -0.2) is 9.97 Å². The molecule has 16 heavy (non-hydrogen) atoms. The van der Waals surface area contributed by atoms with Crippen LogP contribution in [0, 0.1) is 0 Å². The van der Waals surface area contributed by atoms with E-state index in [0.29, 0.717) is 16.2 Å². The summed E-state index contributed by atoms with van der Waals surface area (Å²) in [6, 6.07) is 0. The van der Waals surface area contributed by atoms with Crippen LogP contribution in [0.3, 0.4) is 0 Å². The van der Waals surface area contributed by atoms with Crippen LogP contribution in [0.15, 0.2) is 18.6 Å². The molecular weight excluding hydrogens is 230 g/mol. The number of aromatic amines is 1. The molecule has 0 aliphatic heterocycles. The van der Waals surface area contributed by atoms with Gasteiger partial charge in [-0.15, -0.1) is 0 Å². The molecule has 2 rings (SSSR count). The number of carboxylic acid groups (broad SMARTS) is 1. The molecule has 6 heteroatoms. The predicted molar refractivity (Wildman–Crippen MR) is 60.2 cm³/mol. The Bertz CT molecular complexity index is 562. The Labute approximate surface area is 95.8 Å². The van der Waals surface area contributed by atoms with Crippen molar-refractivity contribution < 1.29 is 9.90 Å². The van der Waals surface area contributed by atoms with Crippen LogP contribution in [0.5, 0.6) is 0 Å². The van der Waals surface area contributed by atoms with Crippen molar-refractivity contribution >= 4 is 34.7 Å². The first-order valence-corrected chi connectivity index (χ1v) is 4.92. The van der Waals surface area contributed by atoms with Crippen molar-refractivity contribution in [3.05, 3.63) is 29.3 Å². The Kier molecular flexibility index (Phi) is 2.87. The summed E-state index contributed by atoms with van der Waals surface area (Å²) < 4.78 is 0. The highest BCUT2D eigenvalue weighted by Gasteiger charge is 2.06. The smallest absolute Gasteiger partial charge is 0.307 e. The van der Waals surface area contributed by atoms with E-state index in [4.69, 9.17) is 16.7 Å². The Hall–Kier alpha value is -1.88. The molecule has 0 atom stereocenters. The van der Waals surface area contributed by atoms with Crippen molar-refractivity contribution in [3.63, 3.8) is 0 Å². The zero-order valence-electron chi connectivity index (χ0n) is 8.14. The average molecular weight is 238 g/mol. The summed E-state index contributed by atoms with van der Waals surface area (Å²) in [5.41, 5.74) is 2.13. The van der Waals surface area contributed by atoms with Crippen molar-refractivity contribution in [1.82, 2.24) is 15.0 Å². The van der Waals surface area contributed by atoms with E-state index >= 15 is 0 Å². The molecule has 0 aliphatic rings. The molecular formula is C10H8ClN3O2. The highest BCUT2D eigenvalue weighted by atomic mass is 35.5. The van der Waals surface area contributed by atoms with Gasteiger partial charge in [-0.2, -0.15) is 0 Å². The molecule has 82 valence electrons. The van der Waals surface area contributed by atoms with Crippen LogP contribution in [-0.2, 0) is 4.79 Å². The summed E-state index contributed by atoms with van der Waals surface area (Å²) in [4.78, 5) is 21.2. The van der Waals surface area contributed by atoms with E-state index in [0.717, 1.165) is 5.56 Å². The minimum absolute atomic E-state index is 0.0223. The van der Waals surface area contributed by atoms with Gasteiger partial charge in [0.15, 0.2) is 5.15 Å². The van der Waals surface area contributed by atoms with Gasteiger partial charge in [0.1, 0.15) is 17.4 Å². The fourth-order valence-corrected chi connectivity index (χ4v) is 1.53. The Balaban J connectivity index is 2.35. The molecule has 0 amide bonds. The van der Waals surface area contributed by atoms with E-state index in [-0.39, 0.29) is 6.42 Å². The number of H-pyrrole nitrogens is 1. The summed E-state index contributed by atoms with van der Waals surface area (Å²) in [6.07, 6.45) is 6.30. The van der Waals surface area contributed by atoms with Gasteiger partial charge in [-0.1, -0.05) is 23.8 Å². The number of hydrogen-bond donors (Lipinski definition) is 2. The van der Waals surface area contributed by atoms with Gasteiger partial charge in [0.25, 0.3) is 0 Å². The van der Waals surface area contributed by atoms with Gasteiger partial charge in [0.05, 0.1) is 6.42 Å². The monoisotopic (exact) mass is 237 g/mol. The molecule has 0 aliphatic carbocycles. The molecule has 0 aromatic carbocycles. The van der Waals surface area contributed by atoms with Crippen LogP contribution in [0.2, 0.25) is 5.15 Å². The number of halogens is 1. The van der Waals surface area contributed by atoms with Crippen LogP contribution in [0.4, 0.5) is 0 Å². The van der Waals surface area contributed by atoms with Crippen LogP contribution in [0.1, 0.15) is 12.0 Å². The van der Waals surface area contributed by atoms with Gasteiger partial charge in [0, 0.05) is 11.8 Å². The molecule has 5 nitrogen and oxygen atoms in total. The quantitative estimate of drug-likeness (QED) is 0.802. The number of aliphatic carboxylic acids is 1. The highest BCUT2D eigenvalue weighted by molar-refractivity contribution is 6.33. The number of aromatic nitrogens is 3. The average Bonchev–Trinajstić information content (AvgIpc) is 2.63. The molecule has 0 spiro atoms. The number of rotatable bonds is 3. The SMILES string of the molecule is O=C(O)CC=Cc1c[nH]c2c(Cl)ncnc12. The van der Waals surface area contributed by atoms with Crippen molar-refractivity contribution in [2.24, 2.45) is 0 Å². The van der Waals surface area contributed by atoms with Gasteiger partial charge in [-0.05, 0) is 0 Å². The fraction of sp³-hybridized carbons (Fsp3) is 0.100. The van der Waals surface area contributed by atoms with Gasteiger partial charge < -0.3 is 10.1 Å². The minimum atomic E-state index is -0.872. The second-order valence-electron chi connectivity index (χ2n) is 3.13. The van der Waals surface area contributed by atoms with Crippen molar-refractivity contribution in [3.8, 4) is 0 Å². The van der Waals surface area contributed by atoms with Crippen molar-refractivity contribution in [2.45, 2.75) is 6.42 Å². The summed E-state index contributed by atoms with van der Waals surface area (Å²) in [5.74, 6) is -0.872. The van der Waals surface area contributed by atoms with Crippen LogP contribution in [0.25, 0.3) is 17.1 Å². The number of nitrogens with one attached hydrogen (secondary N) is 1. The van der Waals surface area contributed by atoms with Gasteiger partial charge in [0.2, 0.25) is 0 Å². The molecule has 0 fully saturated rings. The summed E-state index contributed by atoms with van der Waals surface area (Å²) in [6.45, 7) is 0. The summed E-state index contributed by atoms with van der Waals surface area (Å²) in [5, 5.41) is 8.84. The highest BCUT2D eigenvalue weighted by Crippen LogP contribution is 2.21. The predicted octanol–water partition coefficient (Wildman–Crippen LogP) is 2.10. The first-order valence-electron chi connectivity index (χ1n) is 4.54. The second-order valence-corrected chi connectivity index (χ2v) is 3.49. The lowest BCUT2D eigenvalue weighted by molar-refractivity contribution is -0.135. The largest absolute Gasteiger partial charge is 0.481 e. The number of carboxylic acids is 1. The lowest BCUT2D eigenvalue weighted by atomic mass is 10.2. The molecule has 2 N–H and O–H groups in total. The first-order chi connectivity index (χ1) is 7.68. The molecule has 0 saturated heterocycles. The van der Waals surface area contributed by atoms with Crippen molar-refractivity contribution in [1.29, 1.82) is 0 Å². The number of nitrogens with zero attached hydrogens (tertiary/aromatic N) is 2. The lowest BCUT2D eigenvalue weighted by Gasteiger charge is -1.92. The maximum Gasteiger partial charge on any atom is 0.307 e. The Morgan fingerprint density at radius 2 is 2.38 bits per heavy atom. The standard InChI is InChI=1S/C10H8ClN3O2/c11-10-9-8(13-5-14-10)6(4-12-9)2-1-3-7(15)16/h1-2,4-5,12H,3H2,(H,15,16). The topological polar surface area (TPSA) is 78.9 Å². The third kappa shape index (κ3) is 2.04. The number of carbonyl (C=O) groups is 1. The first kappa shape index (κ1) is 10.6. The van der Waals surface area contributed by atoms with Crippen molar-refractivity contribution in [2.75, 3.05) is 0 Å². The van der Waals surface area contributed by atoms with E-state index < -0.39 is 5.97 Å². The zero-order chi connectivity index (χ0) is 11.5. The minimum Gasteiger partial charge on any atom is -0.481 e. The Morgan fingerprint density at radius 3 is 3.12 bits per heavy atom. The van der Waals surface area contributed by atoms with E-state index in [1.165, 1.54) is 6.33 Å².